The van der Waals surface area contributed by atoms with Gasteiger partial charge in [0.1, 0.15) is 6.04 Å². The van der Waals surface area contributed by atoms with Crippen LogP contribution in [0, 0.1) is 6.92 Å². The zero-order valence-corrected chi connectivity index (χ0v) is 15.6. The number of nitrogens with one attached hydrogen (secondary N) is 2. The van der Waals surface area contributed by atoms with E-state index in [4.69, 9.17) is 0 Å². The maximum absolute atomic E-state index is 12.6. The lowest BCUT2D eigenvalue weighted by Gasteiger charge is -2.24. The van der Waals surface area contributed by atoms with Gasteiger partial charge in [-0.25, -0.2) is 4.79 Å². The third-order valence-electron chi connectivity index (χ3n) is 5.25. The van der Waals surface area contributed by atoms with Gasteiger partial charge in [0.2, 0.25) is 5.91 Å². The van der Waals surface area contributed by atoms with Gasteiger partial charge in [0.05, 0.1) is 0 Å². The molecule has 1 atom stereocenters. The quantitative estimate of drug-likeness (QED) is 0.784. The number of allylic oxidation sites excluding steroid dienone is 1. The first-order valence-corrected chi connectivity index (χ1v) is 9.73. The molecule has 0 spiro atoms. The topological polar surface area (TPSA) is 61.4 Å². The van der Waals surface area contributed by atoms with Crippen LogP contribution in [0.5, 0.6) is 0 Å². The largest absolute Gasteiger partial charge is 0.354 e. The van der Waals surface area contributed by atoms with Crippen LogP contribution in [0.25, 0.3) is 0 Å². The van der Waals surface area contributed by atoms with E-state index in [1.165, 1.54) is 24.8 Å². The molecule has 1 aliphatic heterocycles. The highest BCUT2D eigenvalue weighted by atomic mass is 16.2. The molecule has 0 unspecified atom stereocenters. The zero-order valence-electron chi connectivity index (χ0n) is 15.6. The average Bonchev–Trinajstić information content (AvgIpc) is 3.14. The molecule has 1 aromatic carbocycles. The first-order valence-electron chi connectivity index (χ1n) is 9.73. The monoisotopic (exact) mass is 355 g/mol. The van der Waals surface area contributed by atoms with Crippen molar-refractivity contribution in [2.75, 3.05) is 18.4 Å². The number of benzene rings is 1. The predicted molar refractivity (Wildman–Crippen MR) is 104 cm³/mol. The number of amides is 3. The highest BCUT2D eigenvalue weighted by molar-refractivity contribution is 5.94. The lowest BCUT2D eigenvalue weighted by molar-refractivity contribution is -0.124. The first kappa shape index (κ1) is 18.5. The second-order valence-corrected chi connectivity index (χ2v) is 7.30. The van der Waals surface area contributed by atoms with Gasteiger partial charge in [0.25, 0.3) is 0 Å². The summed E-state index contributed by atoms with van der Waals surface area (Å²) in [7, 11) is 0. The highest BCUT2D eigenvalue weighted by Crippen LogP contribution is 2.21. The summed E-state index contributed by atoms with van der Waals surface area (Å²) in [4.78, 5) is 26.8. The number of hydrogen-bond acceptors (Lipinski definition) is 2. The SMILES string of the molecule is Cc1ccc(NC(=O)N2CCC[C@H]2C(=O)NCCC2=CCCCC2)cc1. The van der Waals surface area contributed by atoms with Crippen molar-refractivity contribution < 1.29 is 9.59 Å². The molecule has 0 aromatic heterocycles. The Morgan fingerprint density at radius 3 is 2.69 bits per heavy atom. The Labute approximate surface area is 155 Å². The van der Waals surface area contributed by atoms with E-state index in [-0.39, 0.29) is 18.0 Å². The Kier molecular flexibility index (Phi) is 6.31. The molecule has 0 bridgehead atoms. The fraction of sp³-hybridized carbons (Fsp3) is 0.524. The minimum atomic E-state index is -0.360. The van der Waals surface area contributed by atoms with Gasteiger partial charge in [0.15, 0.2) is 0 Å². The summed E-state index contributed by atoms with van der Waals surface area (Å²) in [5.41, 5.74) is 3.36. The van der Waals surface area contributed by atoms with Crippen molar-refractivity contribution in [1.29, 1.82) is 0 Å². The van der Waals surface area contributed by atoms with Crippen molar-refractivity contribution in [3.05, 3.63) is 41.5 Å². The number of anilines is 1. The molecule has 1 aromatic rings. The Bertz CT molecular complexity index is 666. The smallest absolute Gasteiger partial charge is 0.322 e. The fourth-order valence-corrected chi connectivity index (χ4v) is 3.71. The number of likely N-dealkylation sites (tertiary alicyclic amines) is 1. The van der Waals surface area contributed by atoms with Crippen LogP contribution in [0.15, 0.2) is 35.9 Å². The Morgan fingerprint density at radius 2 is 1.96 bits per heavy atom. The van der Waals surface area contributed by atoms with E-state index in [0.29, 0.717) is 13.1 Å². The van der Waals surface area contributed by atoms with Gasteiger partial charge in [0, 0.05) is 18.8 Å². The summed E-state index contributed by atoms with van der Waals surface area (Å²) >= 11 is 0. The summed E-state index contributed by atoms with van der Waals surface area (Å²) in [6, 6.07) is 7.14. The number of carbonyl (C=O) groups excluding carboxylic acids is 2. The maximum Gasteiger partial charge on any atom is 0.322 e. The van der Waals surface area contributed by atoms with Gasteiger partial charge < -0.3 is 15.5 Å². The molecular formula is C21H29N3O2. The molecule has 3 rings (SSSR count). The van der Waals surface area contributed by atoms with E-state index in [2.05, 4.69) is 16.7 Å². The molecule has 1 saturated heterocycles. The zero-order chi connectivity index (χ0) is 18.4. The fourth-order valence-electron chi connectivity index (χ4n) is 3.71. The molecule has 5 heteroatoms. The molecule has 140 valence electrons. The third-order valence-corrected chi connectivity index (χ3v) is 5.25. The normalized spacial score (nSPS) is 19.8. The summed E-state index contributed by atoms with van der Waals surface area (Å²) in [5, 5.41) is 5.93. The van der Waals surface area contributed by atoms with Gasteiger partial charge in [-0.3, -0.25) is 4.79 Å². The third kappa shape index (κ3) is 4.87. The molecule has 1 heterocycles. The Hall–Kier alpha value is -2.30. The minimum absolute atomic E-state index is 0.0297. The van der Waals surface area contributed by atoms with E-state index in [9.17, 15) is 9.59 Å². The van der Waals surface area contributed by atoms with E-state index in [1.807, 2.05) is 31.2 Å². The lowest BCUT2D eigenvalue weighted by atomic mass is 9.97. The predicted octanol–water partition coefficient (Wildman–Crippen LogP) is 4.00. The van der Waals surface area contributed by atoms with Crippen LogP contribution in [0.1, 0.15) is 50.5 Å². The van der Waals surface area contributed by atoms with Gasteiger partial charge in [-0.15, -0.1) is 0 Å². The standard InChI is InChI=1S/C21H29N3O2/c1-16-9-11-18(12-10-16)23-21(26)24-15-5-8-19(24)20(25)22-14-13-17-6-3-2-4-7-17/h6,9-12,19H,2-5,7-8,13-15H2,1H3,(H,22,25)(H,23,26)/t19-/m0/s1. The molecule has 1 fully saturated rings. The molecule has 26 heavy (non-hydrogen) atoms. The van der Waals surface area contributed by atoms with E-state index in [1.54, 1.807) is 4.90 Å². The molecule has 3 amide bonds. The van der Waals surface area contributed by atoms with Gasteiger partial charge in [-0.2, -0.15) is 0 Å². The number of nitrogens with zero attached hydrogens (tertiary/aromatic N) is 1. The van der Waals surface area contributed by atoms with E-state index < -0.39 is 0 Å². The lowest BCUT2D eigenvalue weighted by Crippen LogP contribution is -2.47. The van der Waals surface area contributed by atoms with Gasteiger partial charge in [-0.05, 0) is 64.0 Å². The van der Waals surface area contributed by atoms with Crippen molar-refractivity contribution >= 4 is 17.6 Å². The van der Waals surface area contributed by atoms with Crippen molar-refractivity contribution in [1.82, 2.24) is 10.2 Å². The van der Waals surface area contributed by atoms with Crippen LogP contribution >= 0.6 is 0 Å². The van der Waals surface area contributed by atoms with Crippen molar-refractivity contribution in [3.63, 3.8) is 0 Å². The van der Waals surface area contributed by atoms with Crippen LogP contribution in [0.4, 0.5) is 10.5 Å². The van der Waals surface area contributed by atoms with Crippen LogP contribution < -0.4 is 10.6 Å². The molecule has 5 nitrogen and oxygen atoms in total. The first-order chi connectivity index (χ1) is 12.6. The molecule has 0 saturated carbocycles. The van der Waals surface area contributed by atoms with Crippen LogP contribution in [-0.2, 0) is 4.79 Å². The summed E-state index contributed by atoms with van der Waals surface area (Å²) in [6.07, 6.45) is 9.70. The minimum Gasteiger partial charge on any atom is -0.354 e. The maximum atomic E-state index is 12.6. The van der Waals surface area contributed by atoms with Crippen LogP contribution in [0.3, 0.4) is 0 Å². The number of rotatable bonds is 5. The Morgan fingerprint density at radius 1 is 1.15 bits per heavy atom. The molecule has 2 N–H and O–H groups in total. The van der Waals surface area contributed by atoms with Crippen molar-refractivity contribution in [2.45, 2.75) is 57.9 Å². The average molecular weight is 355 g/mol. The van der Waals surface area contributed by atoms with Crippen molar-refractivity contribution in [3.8, 4) is 0 Å². The Balaban J connectivity index is 1.49. The van der Waals surface area contributed by atoms with Crippen LogP contribution in [0.2, 0.25) is 0 Å². The van der Waals surface area contributed by atoms with Crippen LogP contribution in [-0.4, -0.2) is 36.0 Å². The van der Waals surface area contributed by atoms with E-state index in [0.717, 1.165) is 36.9 Å². The number of aryl methyl sites for hydroxylation is 1. The van der Waals surface area contributed by atoms with Gasteiger partial charge >= 0.3 is 6.03 Å². The van der Waals surface area contributed by atoms with E-state index >= 15 is 0 Å². The second-order valence-electron chi connectivity index (χ2n) is 7.30. The molecule has 1 aliphatic carbocycles. The molecular weight excluding hydrogens is 326 g/mol. The second kappa shape index (κ2) is 8.88. The summed E-state index contributed by atoms with van der Waals surface area (Å²) < 4.78 is 0. The highest BCUT2D eigenvalue weighted by Gasteiger charge is 2.33. The van der Waals surface area contributed by atoms with Gasteiger partial charge in [-0.1, -0.05) is 29.3 Å². The number of hydrogen-bond donors (Lipinski definition) is 2. The summed E-state index contributed by atoms with van der Waals surface area (Å²) in [5.74, 6) is -0.0297. The molecule has 0 radical (unpaired) electrons. The summed E-state index contributed by atoms with van der Waals surface area (Å²) in [6.45, 7) is 3.30. The number of carbonyl (C=O) groups is 2. The van der Waals surface area contributed by atoms with Crippen molar-refractivity contribution in [2.24, 2.45) is 0 Å². The molecule has 2 aliphatic rings. The number of urea groups is 1.